The summed E-state index contributed by atoms with van der Waals surface area (Å²) in [6.45, 7) is 7.13. The highest BCUT2D eigenvalue weighted by atomic mass is 14.3. The molecule has 0 saturated heterocycles. The van der Waals surface area contributed by atoms with Crippen molar-refractivity contribution in [3.05, 3.63) is 41.8 Å². The molecule has 1 aromatic carbocycles. The maximum atomic E-state index is 2.44. The largest absolute Gasteiger partial charge is 0.0622 e. The van der Waals surface area contributed by atoms with E-state index >= 15 is 0 Å². The van der Waals surface area contributed by atoms with Crippen LogP contribution in [0.25, 0.3) is 0 Å². The Morgan fingerprint density at radius 1 is 1.00 bits per heavy atom. The predicted octanol–water partition coefficient (Wildman–Crippen LogP) is 6.26. The van der Waals surface area contributed by atoms with Gasteiger partial charge in [0.15, 0.2) is 0 Å². The van der Waals surface area contributed by atoms with Gasteiger partial charge in [0.25, 0.3) is 0 Å². The normalized spacial score (nSPS) is 18.6. The molecule has 2 rings (SSSR count). The first-order chi connectivity index (χ1) is 9.68. The van der Waals surface area contributed by atoms with Gasteiger partial charge in [-0.25, -0.2) is 0 Å². The van der Waals surface area contributed by atoms with Crippen molar-refractivity contribution in [3.63, 3.8) is 0 Å². The lowest BCUT2D eigenvalue weighted by Crippen LogP contribution is -2.18. The van der Waals surface area contributed by atoms with Gasteiger partial charge in [0.1, 0.15) is 0 Å². The lowest BCUT2D eigenvalue weighted by atomic mass is 9.75. The lowest BCUT2D eigenvalue weighted by Gasteiger charge is -2.29. The molecular formula is C20H31. The van der Waals surface area contributed by atoms with Crippen molar-refractivity contribution in [2.24, 2.45) is 17.8 Å². The molecule has 1 fully saturated rings. The highest BCUT2D eigenvalue weighted by Gasteiger charge is 2.24. The van der Waals surface area contributed by atoms with Crippen LogP contribution in [-0.4, -0.2) is 0 Å². The molecule has 1 radical (unpaired) electrons. The molecule has 1 aromatic rings. The Bertz CT molecular complexity index is 359. The molecule has 0 heterocycles. The summed E-state index contributed by atoms with van der Waals surface area (Å²) in [6.07, 6.45) is 10.2. The third-order valence-electron chi connectivity index (χ3n) is 4.99. The predicted molar refractivity (Wildman–Crippen MR) is 88.6 cm³/mol. The van der Waals surface area contributed by atoms with Crippen molar-refractivity contribution in [1.82, 2.24) is 0 Å². The summed E-state index contributed by atoms with van der Waals surface area (Å²) in [4.78, 5) is 0. The minimum Gasteiger partial charge on any atom is -0.0622 e. The Kier molecular flexibility index (Phi) is 6.13. The molecule has 1 aliphatic carbocycles. The number of benzene rings is 1. The first-order valence-corrected chi connectivity index (χ1v) is 8.60. The standard InChI is InChI=1S/C20H31/c1-16(2)20(19-12-8-5-9-13-19)17(3)14-15-18-10-6-4-7-11-18/h5,8-9,12-13,16-18H,4,6-7,10-11,14-15H2,1-3H3. The van der Waals surface area contributed by atoms with Crippen molar-refractivity contribution < 1.29 is 0 Å². The zero-order chi connectivity index (χ0) is 14.4. The first kappa shape index (κ1) is 15.6. The van der Waals surface area contributed by atoms with E-state index in [0.717, 1.165) is 11.8 Å². The molecule has 0 aliphatic heterocycles. The van der Waals surface area contributed by atoms with Crippen LogP contribution in [-0.2, 0) is 0 Å². The van der Waals surface area contributed by atoms with Gasteiger partial charge in [0.05, 0.1) is 0 Å². The average Bonchev–Trinajstić information content (AvgIpc) is 2.47. The molecule has 0 heteroatoms. The highest BCUT2D eigenvalue weighted by molar-refractivity contribution is 5.32. The average molecular weight is 271 g/mol. The zero-order valence-corrected chi connectivity index (χ0v) is 13.6. The molecule has 1 saturated carbocycles. The van der Waals surface area contributed by atoms with E-state index in [1.165, 1.54) is 50.5 Å². The van der Waals surface area contributed by atoms with Crippen LogP contribution in [0.5, 0.6) is 0 Å². The third-order valence-corrected chi connectivity index (χ3v) is 4.99. The molecule has 0 N–H and O–H groups in total. The van der Waals surface area contributed by atoms with E-state index in [4.69, 9.17) is 0 Å². The fraction of sp³-hybridized carbons (Fsp3) is 0.650. The topological polar surface area (TPSA) is 0 Å². The van der Waals surface area contributed by atoms with Crippen LogP contribution >= 0.6 is 0 Å². The van der Waals surface area contributed by atoms with Gasteiger partial charge in [0, 0.05) is 5.92 Å². The van der Waals surface area contributed by atoms with E-state index in [2.05, 4.69) is 51.1 Å². The summed E-state index contributed by atoms with van der Waals surface area (Å²) in [5, 5.41) is 0. The minimum absolute atomic E-state index is 0.652. The third kappa shape index (κ3) is 4.36. The molecule has 0 amide bonds. The fourth-order valence-electron chi connectivity index (χ4n) is 3.93. The molecule has 1 atom stereocenters. The molecule has 0 aromatic heterocycles. The van der Waals surface area contributed by atoms with E-state index in [1.807, 2.05) is 0 Å². The second-order valence-electron chi connectivity index (χ2n) is 6.96. The van der Waals surface area contributed by atoms with Gasteiger partial charge in [-0.2, -0.15) is 0 Å². The smallest absolute Gasteiger partial charge is 0.0103 e. The van der Waals surface area contributed by atoms with Crippen molar-refractivity contribution in [1.29, 1.82) is 0 Å². The number of rotatable bonds is 6. The number of hydrogen-bond acceptors (Lipinski definition) is 0. The van der Waals surface area contributed by atoms with Crippen LogP contribution in [0.1, 0.15) is 71.3 Å². The van der Waals surface area contributed by atoms with Crippen LogP contribution < -0.4 is 0 Å². The number of hydrogen-bond donors (Lipinski definition) is 0. The van der Waals surface area contributed by atoms with Crippen LogP contribution in [0.2, 0.25) is 0 Å². The van der Waals surface area contributed by atoms with Gasteiger partial charge < -0.3 is 0 Å². The van der Waals surface area contributed by atoms with Gasteiger partial charge in [-0.15, -0.1) is 0 Å². The quantitative estimate of drug-likeness (QED) is 0.572. The van der Waals surface area contributed by atoms with E-state index in [-0.39, 0.29) is 0 Å². The Hall–Kier alpha value is -0.780. The second kappa shape index (κ2) is 7.86. The van der Waals surface area contributed by atoms with E-state index in [0.29, 0.717) is 5.92 Å². The van der Waals surface area contributed by atoms with Crippen molar-refractivity contribution in [3.8, 4) is 0 Å². The van der Waals surface area contributed by atoms with Gasteiger partial charge >= 0.3 is 0 Å². The summed E-state index contributed by atoms with van der Waals surface area (Å²) in [5.41, 5.74) is 1.46. The Morgan fingerprint density at radius 3 is 2.25 bits per heavy atom. The van der Waals surface area contributed by atoms with Gasteiger partial charge in [-0.3, -0.25) is 0 Å². The van der Waals surface area contributed by atoms with E-state index < -0.39 is 0 Å². The fourth-order valence-corrected chi connectivity index (χ4v) is 3.93. The molecule has 0 bridgehead atoms. The van der Waals surface area contributed by atoms with Crippen molar-refractivity contribution in [2.75, 3.05) is 0 Å². The summed E-state index contributed by atoms with van der Waals surface area (Å²) < 4.78 is 0. The summed E-state index contributed by atoms with van der Waals surface area (Å²) >= 11 is 0. The molecule has 1 unspecified atom stereocenters. The molecular weight excluding hydrogens is 240 g/mol. The summed E-state index contributed by atoms with van der Waals surface area (Å²) in [6, 6.07) is 11.0. The SMILES string of the molecule is CC(C)[C](c1ccccc1)C(C)CCC1CCCCC1. The summed E-state index contributed by atoms with van der Waals surface area (Å²) in [7, 11) is 0. The molecule has 0 spiro atoms. The van der Waals surface area contributed by atoms with Gasteiger partial charge in [-0.1, -0.05) is 89.6 Å². The van der Waals surface area contributed by atoms with Crippen molar-refractivity contribution in [2.45, 2.75) is 65.7 Å². The maximum absolute atomic E-state index is 2.44. The first-order valence-electron chi connectivity index (χ1n) is 8.60. The minimum atomic E-state index is 0.652. The lowest BCUT2D eigenvalue weighted by molar-refractivity contribution is 0.311. The Morgan fingerprint density at radius 2 is 1.65 bits per heavy atom. The molecule has 20 heavy (non-hydrogen) atoms. The van der Waals surface area contributed by atoms with E-state index in [1.54, 1.807) is 5.92 Å². The zero-order valence-electron chi connectivity index (χ0n) is 13.6. The van der Waals surface area contributed by atoms with Gasteiger partial charge in [0.2, 0.25) is 0 Å². The van der Waals surface area contributed by atoms with E-state index in [9.17, 15) is 0 Å². The maximum Gasteiger partial charge on any atom is 0.0103 e. The van der Waals surface area contributed by atoms with Crippen LogP contribution in [0.4, 0.5) is 0 Å². The molecule has 1 aliphatic rings. The van der Waals surface area contributed by atoms with Crippen LogP contribution in [0.3, 0.4) is 0 Å². The Balaban J connectivity index is 1.91. The molecule has 0 nitrogen and oxygen atoms in total. The molecule has 111 valence electrons. The highest BCUT2D eigenvalue weighted by Crippen LogP contribution is 2.36. The van der Waals surface area contributed by atoms with Crippen LogP contribution in [0, 0.1) is 23.7 Å². The second-order valence-corrected chi connectivity index (χ2v) is 6.96. The van der Waals surface area contributed by atoms with Crippen molar-refractivity contribution >= 4 is 0 Å². The Labute approximate surface area is 126 Å². The van der Waals surface area contributed by atoms with Crippen LogP contribution in [0.15, 0.2) is 30.3 Å². The monoisotopic (exact) mass is 271 g/mol. The van der Waals surface area contributed by atoms with Gasteiger partial charge in [-0.05, 0) is 29.7 Å². The summed E-state index contributed by atoms with van der Waals surface area (Å²) in [5.74, 6) is 4.04.